The zero-order valence-corrected chi connectivity index (χ0v) is 19.3. The first-order chi connectivity index (χ1) is 16.5. The van der Waals surface area contributed by atoms with Crippen LogP contribution < -0.4 is 10.1 Å². The predicted molar refractivity (Wildman–Crippen MR) is 135 cm³/mol. The highest BCUT2D eigenvalue weighted by Gasteiger charge is 2.14. The van der Waals surface area contributed by atoms with Gasteiger partial charge in [-0.2, -0.15) is 0 Å². The summed E-state index contributed by atoms with van der Waals surface area (Å²) in [6.45, 7) is 0.425. The molecule has 0 aliphatic carbocycles. The number of oxazole rings is 1. The molecule has 7 heteroatoms. The number of rotatable bonds is 6. The molecule has 0 saturated heterocycles. The molecule has 168 valence electrons. The summed E-state index contributed by atoms with van der Waals surface area (Å²) in [6.07, 6.45) is 0. The van der Waals surface area contributed by atoms with E-state index in [1.165, 1.54) is 0 Å². The van der Waals surface area contributed by atoms with E-state index in [0.717, 1.165) is 5.56 Å². The van der Waals surface area contributed by atoms with Crippen LogP contribution in [-0.4, -0.2) is 10.9 Å². The van der Waals surface area contributed by atoms with Gasteiger partial charge in [-0.05, 0) is 60.2 Å². The van der Waals surface area contributed by atoms with Gasteiger partial charge >= 0.3 is 0 Å². The highest BCUT2D eigenvalue weighted by Crippen LogP contribution is 2.32. The molecular weight excluding hydrogens is 471 g/mol. The van der Waals surface area contributed by atoms with Crippen LogP contribution in [-0.2, 0) is 6.61 Å². The molecule has 5 rings (SSSR count). The lowest BCUT2D eigenvalue weighted by atomic mass is 10.2. The summed E-state index contributed by atoms with van der Waals surface area (Å²) in [5.41, 5.74) is 3.95. The molecule has 1 heterocycles. The first kappa shape index (κ1) is 22.0. The van der Waals surface area contributed by atoms with Crippen LogP contribution in [0.1, 0.15) is 15.9 Å². The van der Waals surface area contributed by atoms with E-state index in [0.29, 0.717) is 56.2 Å². The van der Waals surface area contributed by atoms with Crippen molar-refractivity contribution in [2.75, 3.05) is 5.32 Å². The van der Waals surface area contributed by atoms with E-state index >= 15 is 0 Å². The molecule has 1 aromatic heterocycles. The van der Waals surface area contributed by atoms with Crippen molar-refractivity contribution >= 4 is 45.9 Å². The number of hydrogen-bond donors (Lipinski definition) is 1. The van der Waals surface area contributed by atoms with Crippen molar-refractivity contribution in [3.8, 4) is 17.2 Å². The van der Waals surface area contributed by atoms with Crippen molar-refractivity contribution < 1.29 is 13.9 Å². The minimum Gasteiger partial charge on any atom is -0.489 e. The van der Waals surface area contributed by atoms with Gasteiger partial charge in [0.15, 0.2) is 5.58 Å². The van der Waals surface area contributed by atoms with Gasteiger partial charge in [0.1, 0.15) is 17.9 Å². The maximum absolute atomic E-state index is 12.8. The smallest absolute Gasteiger partial charge is 0.255 e. The van der Waals surface area contributed by atoms with Gasteiger partial charge in [-0.25, -0.2) is 4.98 Å². The van der Waals surface area contributed by atoms with Crippen LogP contribution in [0.5, 0.6) is 5.75 Å². The lowest BCUT2D eigenvalue weighted by Crippen LogP contribution is -2.12. The summed E-state index contributed by atoms with van der Waals surface area (Å²) < 4.78 is 11.7. The molecule has 0 radical (unpaired) electrons. The Morgan fingerprint density at radius 2 is 1.76 bits per heavy atom. The number of aromatic nitrogens is 1. The van der Waals surface area contributed by atoms with E-state index < -0.39 is 0 Å². The quantitative estimate of drug-likeness (QED) is 0.266. The molecule has 0 aliphatic rings. The monoisotopic (exact) mass is 488 g/mol. The van der Waals surface area contributed by atoms with Crippen LogP contribution in [0.3, 0.4) is 0 Å². The van der Waals surface area contributed by atoms with Crippen molar-refractivity contribution in [3.63, 3.8) is 0 Å². The summed E-state index contributed by atoms with van der Waals surface area (Å²) in [7, 11) is 0. The van der Waals surface area contributed by atoms with E-state index in [2.05, 4.69) is 10.3 Å². The number of carbonyl (C=O) groups is 1. The van der Waals surface area contributed by atoms with E-state index in [-0.39, 0.29) is 5.91 Å². The normalized spacial score (nSPS) is 10.9. The molecule has 5 nitrogen and oxygen atoms in total. The highest BCUT2D eigenvalue weighted by molar-refractivity contribution is 6.36. The molecule has 0 aliphatic heterocycles. The third-order valence-corrected chi connectivity index (χ3v) is 5.70. The van der Waals surface area contributed by atoms with E-state index in [4.69, 9.17) is 32.4 Å². The van der Waals surface area contributed by atoms with Gasteiger partial charge in [0, 0.05) is 16.3 Å². The van der Waals surface area contributed by atoms with Crippen LogP contribution in [0, 0.1) is 0 Å². The molecule has 1 amide bonds. The number of hydrogen-bond acceptors (Lipinski definition) is 4. The Labute approximate surface area is 205 Å². The second-order valence-electron chi connectivity index (χ2n) is 7.58. The fourth-order valence-electron chi connectivity index (χ4n) is 3.45. The largest absolute Gasteiger partial charge is 0.489 e. The lowest BCUT2D eigenvalue weighted by molar-refractivity contribution is 0.102. The Hall–Kier alpha value is -3.80. The Morgan fingerprint density at radius 1 is 0.912 bits per heavy atom. The highest BCUT2D eigenvalue weighted by atomic mass is 35.5. The van der Waals surface area contributed by atoms with Crippen LogP contribution >= 0.6 is 23.2 Å². The molecule has 5 aromatic rings. The van der Waals surface area contributed by atoms with Gasteiger partial charge in [0.25, 0.3) is 5.91 Å². The summed E-state index contributed by atoms with van der Waals surface area (Å²) >= 11 is 12.3. The first-order valence-corrected chi connectivity index (χ1v) is 11.2. The van der Waals surface area contributed by atoms with Gasteiger partial charge in [-0.3, -0.25) is 4.79 Å². The fourth-order valence-corrected chi connectivity index (χ4v) is 3.94. The minimum atomic E-state index is -0.256. The van der Waals surface area contributed by atoms with Crippen LogP contribution in [0.25, 0.3) is 22.6 Å². The molecule has 0 fully saturated rings. The maximum atomic E-state index is 12.8. The minimum absolute atomic E-state index is 0.256. The van der Waals surface area contributed by atoms with Gasteiger partial charge in [-0.1, -0.05) is 59.6 Å². The standard InChI is InChI=1S/C27H18Cl2N2O3/c28-19-9-11-22(23(29)14-19)27-31-24-15-20(10-12-25(24)34-27)30-26(32)18-7-4-8-21(13-18)33-16-17-5-2-1-3-6-17/h1-15H,16H2,(H,30,32). The summed E-state index contributed by atoms with van der Waals surface area (Å²) in [5.74, 6) is 0.741. The molecule has 34 heavy (non-hydrogen) atoms. The third kappa shape index (κ3) is 4.91. The van der Waals surface area contributed by atoms with E-state index in [1.807, 2.05) is 36.4 Å². The fraction of sp³-hybridized carbons (Fsp3) is 0.0370. The van der Waals surface area contributed by atoms with Crippen molar-refractivity contribution in [2.24, 2.45) is 0 Å². The summed E-state index contributed by atoms with van der Waals surface area (Å²) in [5, 5.41) is 3.88. The zero-order valence-electron chi connectivity index (χ0n) is 17.8. The number of halogens is 2. The average molecular weight is 489 g/mol. The van der Waals surface area contributed by atoms with Gasteiger partial charge in [0.05, 0.1) is 10.6 Å². The molecule has 0 bridgehead atoms. The Kier molecular flexibility index (Phi) is 6.21. The number of ether oxygens (including phenoxy) is 1. The first-order valence-electron chi connectivity index (χ1n) is 10.5. The Bertz CT molecular complexity index is 1480. The van der Waals surface area contributed by atoms with Crippen molar-refractivity contribution in [3.05, 3.63) is 112 Å². The van der Waals surface area contributed by atoms with Crippen molar-refractivity contribution in [1.29, 1.82) is 0 Å². The number of nitrogens with zero attached hydrogens (tertiary/aromatic N) is 1. The maximum Gasteiger partial charge on any atom is 0.255 e. The van der Waals surface area contributed by atoms with E-state index in [1.54, 1.807) is 54.6 Å². The SMILES string of the molecule is O=C(Nc1ccc2oc(-c3ccc(Cl)cc3Cl)nc2c1)c1cccc(OCc2ccccc2)c1. The predicted octanol–water partition coefficient (Wildman–Crippen LogP) is 7.63. The summed E-state index contributed by atoms with van der Waals surface area (Å²) in [4.78, 5) is 17.4. The Morgan fingerprint density at radius 3 is 2.59 bits per heavy atom. The number of amides is 1. The van der Waals surface area contributed by atoms with Crippen LogP contribution in [0.2, 0.25) is 10.0 Å². The molecule has 1 N–H and O–H groups in total. The average Bonchev–Trinajstić information content (AvgIpc) is 3.26. The second kappa shape index (κ2) is 9.59. The Balaban J connectivity index is 1.31. The molecule has 4 aromatic carbocycles. The van der Waals surface area contributed by atoms with E-state index in [9.17, 15) is 4.79 Å². The molecule has 0 spiro atoms. The van der Waals surface area contributed by atoms with Gasteiger partial charge in [0.2, 0.25) is 5.89 Å². The number of anilines is 1. The zero-order chi connectivity index (χ0) is 23.5. The van der Waals surface area contributed by atoms with Gasteiger partial charge < -0.3 is 14.5 Å². The lowest BCUT2D eigenvalue weighted by Gasteiger charge is -2.09. The number of fused-ring (bicyclic) bond motifs is 1. The topological polar surface area (TPSA) is 64.4 Å². The van der Waals surface area contributed by atoms with Crippen LogP contribution in [0.4, 0.5) is 5.69 Å². The molecule has 0 atom stereocenters. The molecule has 0 unspecified atom stereocenters. The summed E-state index contributed by atoms with van der Waals surface area (Å²) in [6, 6.07) is 27.3. The second-order valence-corrected chi connectivity index (χ2v) is 8.43. The number of nitrogens with one attached hydrogen (secondary N) is 1. The molecule has 0 saturated carbocycles. The number of benzene rings is 4. The van der Waals surface area contributed by atoms with Crippen molar-refractivity contribution in [1.82, 2.24) is 4.98 Å². The number of carbonyl (C=O) groups excluding carboxylic acids is 1. The molecular formula is C27H18Cl2N2O3. The van der Waals surface area contributed by atoms with Crippen molar-refractivity contribution in [2.45, 2.75) is 6.61 Å². The third-order valence-electron chi connectivity index (χ3n) is 5.15. The van der Waals surface area contributed by atoms with Crippen LogP contribution in [0.15, 0.2) is 95.4 Å². The van der Waals surface area contributed by atoms with Gasteiger partial charge in [-0.15, -0.1) is 0 Å².